The number of quaternary nitrogens is 1. The van der Waals surface area contributed by atoms with E-state index in [2.05, 4.69) is 33.0 Å². The Labute approximate surface area is 265 Å². The van der Waals surface area contributed by atoms with Gasteiger partial charge in [0.1, 0.15) is 18.0 Å². The van der Waals surface area contributed by atoms with Crippen molar-refractivity contribution in [1.82, 2.24) is 0 Å². The second-order valence-corrected chi connectivity index (χ2v) is 9.61. The number of phenolic OH excluding ortho intramolecular Hbond substituents is 1. The minimum Gasteiger partial charge on any atom is -0.508 e. The van der Waals surface area contributed by atoms with Crippen molar-refractivity contribution >= 4 is 27.9 Å². The van der Waals surface area contributed by atoms with Crippen molar-refractivity contribution in [3.8, 4) is 11.5 Å². The summed E-state index contributed by atoms with van der Waals surface area (Å²) in [5.41, 5.74) is 1.15. The third-order valence-corrected chi connectivity index (χ3v) is 6.91. The molecule has 0 aliphatic rings. The van der Waals surface area contributed by atoms with E-state index >= 15 is 0 Å². The van der Waals surface area contributed by atoms with Crippen LogP contribution in [0.5, 0.6) is 11.5 Å². The van der Waals surface area contributed by atoms with Gasteiger partial charge in [-0.25, -0.2) is 0 Å². The van der Waals surface area contributed by atoms with E-state index in [9.17, 15) is 9.90 Å². The molecule has 40 heavy (non-hydrogen) atoms. The van der Waals surface area contributed by atoms with Crippen LogP contribution < -0.4 is 10.1 Å². The van der Waals surface area contributed by atoms with E-state index < -0.39 is 0 Å². The van der Waals surface area contributed by atoms with E-state index in [1.165, 1.54) is 57.2 Å². The number of nitrogens with zero attached hydrogens (tertiary/aromatic N) is 1. The maximum absolute atomic E-state index is 12.5. The summed E-state index contributed by atoms with van der Waals surface area (Å²) in [6.45, 7) is 14.3. The smallest absolute Gasteiger partial charge is 0.259 e. The number of hydrogen-bond donors (Lipinski definition) is 4. The van der Waals surface area contributed by atoms with Crippen molar-refractivity contribution in [2.75, 3.05) is 44.7 Å². The number of aromatic hydroxyl groups is 1. The number of halogens is 1. The van der Waals surface area contributed by atoms with Crippen LogP contribution in [0.25, 0.3) is 0 Å². The van der Waals surface area contributed by atoms with Crippen LogP contribution in [-0.4, -0.2) is 64.2 Å². The topological polar surface area (TPSA) is 99.0 Å². The first-order valence-electron chi connectivity index (χ1n) is 14.4. The monoisotopic (exact) mass is 795 g/mol. The largest absolute Gasteiger partial charge is 0.508 e. The zero-order chi connectivity index (χ0) is 29.4. The Hall–Kier alpha value is -1.44. The normalized spacial score (nSPS) is 10.3. The molecule has 0 heterocycles. The van der Waals surface area contributed by atoms with Crippen LogP contribution in [0.4, 0.5) is 5.69 Å². The average molecular weight is 797 g/mol. The van der Waals surface area contributed by atoms with Gasteiger partial charge in [0.05, 0.1) is 54.7 Å². The number of phenols is 1. The number of likely N-dealkylation sites (N-methyl/N-ethyl adjacent to an activating group) is 1. The zero-order valence-electron chi connectivity index (χ0n) is 24.9. The Balaban J connectivity index is 0. The molecule has 0 aromatic heterocycles. The Bertz CT molecular complexity index is 867. The van der Waals surface area contributed by atoms with Gasteiger partial charge in [0.2, 0.25) is 0 Å². The van der Waals surface area contributed by atoms with Crippen LogP contribution in [0.1, 0.15) is 89.4 Å². The van der Waals surface area contributed by atoms with E-state index in [-0.39, 0.29) is 32.7 Å². The van der Waals surface area contributed by atoms with E-state index in [1.54, 1.807) is 18.2 Å². The number of carbonyl (C=O) groups is 1. The molecule has 2 aromatic carbocycles. The molecule has 0 aliphatic carbocycles. The number of hydrogen-bond acceptors (Lipinski definition) is 5. The van der Waals surface area contributed by atoms with E-state index in [1.807, 2.05) is 34.5 Å². The van der Waals surface area contributed by atoms with Gasteiger partial charge in [-0.1, -0.05) is 64.5 Å². The Morgan fingerprint density at radius 3 is 1.98 bits per heavy atom. The number of benzene rings is 2. The second kappa shape index (κ2) is 26.5. The Morgan fingerprint density at radius 2 is 1.40 bits per heavy atom. The molecule has 0 radical (unpaired) electrons. The van der Waals surface area contributed by atoms with Crippen molar-refractivity contribution in [2.24, 2.45) is 0 Å². The van der Waals surface area contributed by atoms with E-state index in [4.69, 9.17) is 14.0 Å². The number of aliphatic hydroxyl groups excluding tert-OH is 1. The van der Waals surface area contributed by atoms with Crippen LogP contribution in [-0.2, 0) is 21.1 Å². The van der Waals surface area contributed by atoms with E-state index in [0.717, 1.165) is 37.0 Å². The van der Waals surface area contributed by atoms with Gasteiger partial charge < -0.3 is 28.9 Å². The van der Waals surface area contributed by atoms with Crippen LogP contribution in [0, 0.1) is 0 Å². The first-order valence-corrected chi connectivity index (χ1v) is 15.1. The molecule has 2 rings (SSSR count). The Morgan fingerprint density at radius 1 is 0.825 bits per heavy atom. The van der Waals surface area contributed by atoms with E-state index in [0.29, 0.717) is 30.2 Å². The zero-order valence-corrected chi connectivity index (χ0v) is 29.4. The molecule has 0 spiro atoms. The fraction of sp³-hybridized carbons (Fsp3) is 0.581. The molecular formula is C31H52BrN2O5W+. The number of ether oxygens (including phenoxy) is 1. The summed E-state index contributed by atoms with van der Waals surface area (Å²) < 4.78 is 13.7. The van der Waals surface area contributed by atoms with Gasteiger partial charge in [-0.3, -0.25) is 4.79 Å². The number of nitrogens with one attached hydrogen (secondary N) is 1. The predicted molar refractivity (Wildman–Crippen MR) is 166 cm³/mol. The van der Waals surface area contributed by atoms with Gasteiger partial charge in [-0.05, 0) is 63.1 Å². The van der Waals surface area contributed by atoms with Gasteiger partial charge in [0.25, 0.3) is 5.91 Å². The molecule has 0 bridgehead atoms. The molecule has 2 aromatic rings. The average Bonchev–Trinajstić information content (AvgIpc) is 2.97. The quantitative estimate of drug-likeness (QED) is 0.0766. The fourth-order valence-electron chi connectivity index (χ4n) is 4.26. The van der Waals surface area contributed by atoms with Crippen molar-refractivity contribution in [3.05, 3.63) is 54.1 Å². The van der Waals surface area contributed by atoms with Gasteiger partial charge >= 0.3 is 0 Å². The van der Waals surface area contributed by atoms with Gasteiger partial charge in [-0.2, -0.15) is 0 Å². The Kier molecular flexibility index (Phi) is 26.9. The van der Waals surface area contributed by atoms with Crippen LogP contribution >= 0.6 is 16.3 Å². The molecule has 228 valence electrons. The summed E-state index contributed by atoms with van der Waals surface area (Å²) in [4.78, 5) is 12.5. The molecule has 0 saturated carbocycles. The van der Waals surface area contributed by atoms with Gasteiger partial charge in [-0.15, -0.1) is 0 Å². The predicted octanol–water partition coefficient (Wildman–Crippen LogP) is 7.31. The SMILES string of the molecule is CCCCCCCCOc1ccccc1C(=O)Nc1ccc(O)cc1.CCCC[N+](CC)(CC)CCO.OBr.[W]. The summed E-state index contributed by atoms with van der Waals surface area (Å²) in [6, 6.07) is 13.7. The standard InChI is InChI=1S/C21H27NO3.C10H24NO.BrHO.W/c1-2-3-4-5-6-9-16-25-20-11-8-7-10-19(20)21(24)22-17-12-14-18(23)15-13-17;1-4-7-8-11(5-2,6-3)9-10-12;1-2;/h7-8,10-15,23H,2-6,9,16H2,1H3,(H,22,24);12H,4-10H2,1-3H3;2H;/q;+1;;. The molecule has 4 N–H and O–H groups in total. The first kappa shape index (κ1) is 40.7. The minimum atomic E-state index is -0.218. The molecule has 9 heteroatoms. The minimum absolute atomic E-state index is 0. The van der Waals surface area contributed by atoms with Crippen molar-refractivity contribution in [3.63, 3.8) is 0 Å². The summed E-state index contributed by atoms with van der Waals surface area (Å²) in [5, 5.41) is 21.1. The van der Waals surface area contributed by atoms with Gasteiger partial charge in [0, 0.05) is 26.8 Å². The summed E-state index contributed by atoms with van der Waals surface area (Å²) >= 11 is 1.94. The number of unbranched alkanes of at least 4 members (excludes halogenated alkanes) is 6. The number of anilines is 1. The number of carbonyl (C=O) groups excluding carboxylic acids is 1. The summed E-state index contributed by atoms with van der Waals surface area (Å²) in [6.07, 6.45) is 9.75. The molecule has 0 unspecified atom stereocenters. The summed E-state index contributed by atoms with van der Waals surface area (Å²) in [7, 11) is 0. The molecule has 0 aliphatic heterocycles. The number of amides is 1. The fourth-order valence-corrected chi connectivity index (χ4v) is 4.26. The molecular weight excluding hydrogens is 744 g/mol. The van der Waals surface area contributed by atoms with Gasteiger partial charge in [0.15, 0.2) is 0 Å². The molecule has 7 nitrogen and oxygen atoms in total. The molecule has 0 saturated heterocycles. The number of rotatable bonds is 17. The van der Waals surface area contributed by atoms with Crippen molar-refractivity contribution in [2.45, 2.75) is 79.1 Å². The second-order valence-electron chi connectivity index (χ2n) is 9.61. The van der Waals surface area contributed by atoms with Crippen molar-refractivity contribution in [1.29, 1.82) is 0 Å². The van der Waals surface area contributed by atoms with Crippen LogP contribution in [0.15, 0.2) is 48.5 Å². The summed E-state index contributed by atoms with van der Waals surface area (Å²) in [5.74, 6) is 0.553. The third-order valence-electron chi connectivity index (χ3n) is 6.91. The van der Waals surface area contributed by atoms with Crippen molar-refractivity contribution < 1.29 is 49.5 Å². The maximum atomic E-state index is 12.5. The molecule has 1 amide bonds. The van der Waals surface area contributed by atoms with Crippen LogP contribution in [0.2, 0.25) is 0 Å². The maximum Gasteiger partial charge on any atom is 0.259 e. The molecule has 0 atom stereocenters. The number of para-hydroxylation sites is 1. The first-order chi connectivity index (χ1) is 18.9. The molecule has 0 fully saturated rings. The number of aliphatic hydroxyl groups is 1. The third kappa shape index (κ3) is 17.4. The van der Waals surface area contributed by atoms with Crippen LogP contribution in [0.3, 0.4) is 0 Å².